The SMILES string of the molecule is Cc1ccc(C(C(=O)NC(Cc2ccccc2)C(=O)OC(C)(C)C)N(C)C(=O)C(NC(=O)OC(C)(C)C)C(C)C)cc1. The largest absolute Gasteiger partial charge is 0.458 e. The highest BCUT2D eigenvalue weighted by Gasteiger charge is 2.37. The van der Waals surface area contributed by atoms with E-state index in [1.165, 1.54) is 11.9 Å². The first-order valence-corrected chi connectivity index (χ1v) is 14.3. The molecule has 0 aromatic heterocycles. The van der Waals surface area contributed by atoms with Gasteiger partial charge in [0, 0.05) is 13.5 Å². The Balaban J connectivity index is 2.45. The summed E-state index contributed by atoms with van der Waals surface area (Å²) in [6.07, 6.45) is -0.527. The Morgan fingerprint density at radius 2 is 1.36 bits per heavy atom. The van der Waals surface area contributed by atoms with Crippen LogP contribution in [0.1, 0.15) is 78.1 Å². The maximum atomic E-state index is 14.0. The highest BCUT2D eigenvalue weighted by atomic mass is 16.6. The minimum Gasteiger partial charge on any atom is -0.458 e. The van der Waals surface area contributed by atoms with Gasteiger partial charge in [-0.05, 0) is 65.5 Å². The van der Waals surface area contributed by atoms with Crippen LogP contribution in [0, 0.1) is 12.8 Å². The van der Waals surface area contributed by atoms with E-state index in [0.29, 0.717) is 5.56 Å². The van der Waals surface area contributed by atoms with Gasteiger partial charge in [0.1, 0.15) is 29.3 Å². The lowest BCUT2D eigenvalue weighted by Crippen LogP contribution is -2.55. The van der Waals surface area contributed by atoms with E-state index in [1.54, 1.807) is 67.5 Å². The van der Waals surface area contributed by atoms with Gasteiger partial charge in [-0.1, -0.05) is 74.0 Å². The van der Waals surface area contributed by atoms with Crippen molar-refractivity contribution in [1.29, 1.82) is 0 Å². The fourth-order valence-corrected chi connectivity index (χ4v) is 4.26. The van der Waals surface area contributed by atoms with Crippen LogP contribution in [0.5, 0.6) is 0 Å². The molecule has 3 atom stereocenters. The number of hydrogen-bond donors (Lipinski definition) is 2. The van der Waals surface area contributed by atoms with Crippen LogP contribution in [0.15, 0.2) is 54.6 Å². The molecule has 0 fully saturated rings. The topological polar surface area (TPSA) is 114 Å². The first kappa shape index (κ1) is 34.3. The van der Waals surface area contributed by atoms with E-state index in [-0.39, 0.29) is 12.3 Å². The molecule has 0 saturated carbocycles. The number of alkyl carbamates (subject to hydrolysis) is 1. The number of rotatable bonds is 10. The summed E-state index contributed by atoms with van der Waals surface area (Å²) in [5.74, 6) is -1.92. The lowest BCUT2D eigenvalue weighted by atomic mass is 9.98. The summed E-state index contributed by atoms with van der Waals surface area (Å²) >= 11 is 0. The zero-order chi connectivity index (χ0) is 31.8. The van der Waals surface area contributed by atoms with Gasteiger partial charge in [0.15, 0.2) is 0 Å². The van der Waals surface area contributed by atoms with Crippen molar-refractivity contribution >= 4 is 23.9 Å². The predicted octanol–water partition coefficient (Wildman–Crippen LogP) is 5.11. The van der Waals surface area contributed by atoms with E-state index in [4.69, 9.17) is 9.47 Å². The van der Waals surface area contributed by atoms with Crippen LogP contribution in [0.2, 0.25) is 0 Å². The van der Waals surface area contributed by atoms with Crippen molar-refractivity contribution in [3.8, 4) is 0 Å². The molecule has 2 N–H and O–H groups in total. The number of nitrogens with one attached hydrogen (secondary N) is 2. The highest BCUT2D eigenvalue weighted by molar-refractivity contribution is 5.94. The van der Waals surface area contributed by atoms with Crippen LogP contribution in [0.3, 0.4) is 0 Å². The second-order valence-corrected chi connectivity index (χ2v) is 12.9. The zero-order valence-corrected chi connectivity index (χ0v) is 26.6. The fraction of sp³-hybridized carbons (Fsp3) is 0.515. The maximum absolute atomic E-state index is 14.0. The van der Waals surface area contributed by atoms with Gasteiger partial charge in [-0.15, -0.1) is 0 Å². The van der Waals surface area contributed by atoms with Gasteiger partial charge in [-0.3, -0.25) is 9.59 Å². The average Bonchev–Trinajstić information content (AvgIpc) is 2.86. The molecule has 230 valence electrons. The van der Waals surface area contributed by atoms with Crippen molar-refractivity contribution in [3.05, 3.63) is 71.3 Å². The van der Waals surface area contributed by atoms with Crippen molar-refractivity contribution in [2.75, 3.05) is 7.05 Å². The van der Waals surface area contributed by atoms with Gasteiger partial charge in [0.05, 0.1) is 0 Å². The van der Waals surface area contributed by atoms with Crippen molar-refractivity contribution in [1.82, 2.24) is 15.5 Å². The summed E-state index contributed by atoms with van der Waals surface area (Å²) in [5.41, 5.74) is 0.856. The lowest BCUT2D eigenvalue weighted by Gasteiger charge is -2.34. The first-order valence-electron chi connectivity index (χ1n) is 14.3. The number of carbonyl (C=O) groups excluding carboxylic acids is 4. The molecule has 3 amide bonds. The van der Waals surface area contributed by atoms with Crippen molar-refractivity contribution in [2.45, 2.75) is 98.1 Å². The average molecular weight is 582 g/mol. The quantitative estimate of drug-likeness (QED) is 0.377. The van der Waals surface area contributed by atoms with Crippen molar-refractivity contribution in [3.63, 3.8) is 0 Å². The second-order valence-electron chi connectivity index (χ2n) is 12.9. The number of amides is 3. The molecular formula is C33H47N3O6. The van der Waals surface area contributed by atoms with E-state index in [2.05, 4.69) is 10.6 Å². The lowest BCUT2D eigenvalue weighted by molar-refractivity contribution is -0.159. The zero-order valence-electron chi connectivity index (χ0n) is 26.6. The van der Waals surface area contributed by atoms with E-state index >= 15 is 0 Å². The van der Waals surface area contributed by atoms with E-state index in [0.717, 1.165) is 11.1 Å². The third kappa shape index (κ3) is 10.8. The Labute approximate surface area is 250 Å². The number of hydrogen-bond acceptors (Lipinski definition) is 6. The fourth-order valence-electron chi connectivity index (χ4n) is 4.26. The van der Waals surface area contributed by atoms with Gasteiger partial charge in [0.2, 0.25) is 11.8 Å². The van der Waals surface area contributed by atoms with Crippen LogP contribution in [0.25, 0.3) is 0 Å². The predicted molar refractivity (Wildman–Crippen MR) is 163 cm³/mol. The summed E-state index contributed by atoms with van der Waals surface area (Å²) in [4.78, 5) is 55.0. The molecule has 0 saturated heterocycles. The number of nitrogens with zero attached hydrogens (tertiary/aromatic N) is 1. The van der Waals surface area contributed by atoms with Crippen LogP contribution in [-0.4, -0.2) is 59.1 Å². The third-order valence-electron chi connectivity index (χ3n) is 6.27. The molecule has 0 heterocycles. The molecule has 9 nitrogen and oxygen atoms in total. The van der Waals surface area contributed by atoms with Gasteiger partial charge in [-0.25, -0.2) is 9.59 Å². The smallest absolute Gasteiger partial charge is 0.408 e. The number of aryl methyl sites for hydroxylation is 1. The Hall–Kier alpha value is -3.88. The molecule has 0 aliphatic rings. The Morgan fingerprint density at radius 1 is 0.810 bits per heavy atom. The minimum atomic E-state index is -1.10. The number of carbonyl (C=O) groups is 4. The molecule has 2 rings (SSSR count). The standard InChI is InChI=1S/C33H47N3O6/c1-21(2)26(35-31(40)42-33(7,8)9)29(38)36(10)27(24-18-16-22(3)17-19-24)28(37)34-25(30(39)41-32(4,5)6)20-23-14-12-11-13-15-23/h11-19,21,25-27H,20H2,1-10H3,(H,34,37)(H,35,40). The summed E-state index contributed by atoms with van der Waals surface area (Å²) < 4.78 is 11.0. The molecule has 0 bridgehead atoms. The third-order valence-corrected chi connectivity index (χ3v) is 6.27. The Bertz CT molecular complexity index is 1210. The molecule has 0 radical (unpaired) electrons. The molecular weight excluding hydrogens is 534 g/mol. The number of likely N-dealkylation sites (N-methyl/N-ethyl adjacent to an activating group) is 1. The summed E-state index contributed by atoms with van der Waals surface area (Å²) in [5, 5.41) is 5.52. The number of ether oxygens (including phenoxy) is 2. The second kappa shape index (κ2) is 14.3. The molecule has 2 aromatic rings. The van der Waals surface area contributed by atoms with E-state index in [9.17, 15) is 19.2 Å². The molecule has 0 aliphatic carbocycles. The van der Waals surface area contributed by atoms with Crippen molar-refractivity contribution < 1.29 is 28.7 Å². The van der Waals surface area contributed by atoms with Gasteiger partial charge < -0.3 is 25.0 Å². The minimum absolute atomic E-state index is 0.203. The number of esters is 1. The maximum Gasteiger partial charge on any atom is 0.408 e. The summed E-state index contributed by atoms with van der Waals surface area (Å²) in [7, 11) is 1.51. The highest BCUT2D eigenvalue weighted by Crippen LogP contribution is 2.24. The Morgan fingerprint density at radius 3 is 1.86 bits per heavy atom. The first-order chi connectivity index (χ1) is 19.4. The molecule has 0 spiro atoms. The van der Waals surface area contributed by atoms with Gasteiger partial charge >= 0.3 is 12.1 Å². The van der Waals surface area contributed by atoms with E-state index < -0.39 is 53.2 Å². The normalized spacial score (nSPS) is 13.9. The molecule has 9 heteroatoms. The van der Waals surface area contributed by atoms with E-state index in [1.807, 2.05) is 49.4 Å². The van der Waals surface area contributed by atoms with Gasteiger partial charge in [0.25, 0.3) is 0 Å². The molecule has 3 unspecified atom stereocenters. The van der Waals surface area contributed by atoms with Crippen LogP contribution >= 0.6 is 0 Å². The monoisotopic (exact) mass is 581 g/mol. The van der Waals surface area contributed by atoms with Gasteiger partial charge in [-0.2, -0.15) is 0 Å². The molecule has 42 heavy (non-hydrogen) atoms. The summed E-state index contributed by atoms with van der Waals surface area (Å²) in [6.45, 7) is 16.0. The Kier molecular flexibility index (Phi) is 11.7. The van der Waals surface area contributed by atoms with Crippen LogP contribution < -0.4 is 10.6 Å². The van der Waals surface area contributed by atoms with Crippen LogP contribution in [0.4, 0.5) is 4.79 Å². The summed E-state index contributed by atoms with van der Waals surface area (Å²) in [6, 6.07) is 13.5. The molecule has 0 aliphatic heterocycles. The van der Waals surface area contributed by atoms with Crippen molar-refractivity contribution in [2.24, 2.45) is 5.92 Å². The number of benzene rings is 2. The van der Waals surface area contributed by atoms with Crippen LogP contribution in [-0.2, 0) is 30.3 Å². The molecule has 2 aromatic carbocycles.